The van der Waals surface area contributed by atoms with Crippen molar-refractivity contribution in [3.8, 4) is 5.75 Å². The molecule has 3 nitrogen and oxygen atoms in total. The summed E-state index contributed by atoms with van der Waals surface area (Å²) >= 11 is 3.38. The van der Waals surface area contributed by atoms with Crippen LogP contribution in [-0.2, 0) is 4.79 Å². The van der Waals surface area contributed by atoms with E-state index in [0.717, 1.165) is 10.0 Å². The minimum Gasteiger partial charge on any atom is -0.481 e. The van der Waals surface area contributed by atoms with E-state index in [0.29, 0.717) is 5.75 Å². The van der Waals surface area contributed by atoms with Crippen molar-refractivity contribution in [3.05, 3.63) is 28.2 Å². The van der Waals surface area contributed by atoms with Crippen molar-refractivity contribution in [2.24, 2.45) is 5.73 Å². The molecular weight excluding hydrogens is 246 g/mol. The number of hydrogen-bond acceptors (Lipinski definition) is 2. The van der Waals surface area contributed by atoms with Gasteiger partial charge in [0.25, 0.3) is 5.91 Å². The van der Waals surface area contributed by atoms with E-state index < -0.39 is 12.0 Å². The first-order chi connectivity index (χ1) is 6.50. The molecule has 4 heteroatoms. The van der Waals surface area contributed by atoms with E-state index in [-0.39, 0.29) is 0 Å². The zero-order valence-electron chi connectivity index (χ0n) is 8.08. The van der Waals surface area contributed by atoms with E-state index in [9.17, 15) is 4.79 Å². The molecule has 76 valence electrons. The fraction of sp³-hybridized carbons (Fsp3) is 0.300. The molecule has 0 bridgehead atoms. The molecule has 14 heavy (non-hydrogen) atoms. The fourth-order valence-electron chi connectivity index (χ4n) is 0.953. The Morgan fingerprint density at radius 2 is 2.21 bits per heavy atom. The zero-order valence-corrected chi connectivity index (χ0v) is 9.67. The van der Waals surface area contributed by atoms with E-state index in [4.69, 9.17) is 10.5 Å². The molecular formula is C10H12BrNO2. The lowest BCUT2D eigenvalue weighted by Gasteiger charge is -2.11. The summed E-state index contributed by atoms with van der Waals surface area (Å²) in [6.45, 7) is 3.57. The van der Waals surface area contributed by atoms with Gasteiger partial charge in [0, 0.05) is 4.47 Å². The number of aryl methyl sites for hydroxylation is 1. The summed E-state index contributed by atoms with van der Waals surface area (Å²) in [7, 11) is 0. The first-order valence-electron chi connectivity index (χ1n) is 4.23. The van der Waals surface area contributed by atoms with Crippen LogP contribution in [0.2, 0.25) is 0 Å². The van der Waals surface area contributed by atoms with Crippen molar-refractivity contribution in [2.75, 3.05) is 0 Å². The van der Waals surface area contributed by atoms with Crippen molar-refractivity contribution in [1.82, 2.24) is 0 Å². The smallest absolute Gasteiger partial charge is 0.258 e. The van der Waals surface area contributed by atoms with Crippen LogP contribution < -0.4 is 10.5 Å². The summed E-state index contributed by atoms with van der Waals surface area (Å²) in [5.41, 5.74) is 6.13. The van der Waals surface area contributed by atoms with Crippen LogP contribution >= 0.6 is 15.9 Å². The Morgan fingerprint density at radius 3 is 2.71 bits per heavy atom. The van der Waals surface area contributed by atoms with Gasteiger partial charge in [-0.1, -0.05) is 15.9 Å². The summed E-state index contributed by atoms with van der Waals surface area (Å²) in [4.78, 5) is 10.7. The number of rotatable bonds is 3. The van der Waals surface area contributed by atoms with Crippen LogP contribution in [-0.4, -0.2) is 12.0 Å². The number of carbonyl (C=O) groups excluding carboxylic acids is 1. The molecule has 0 spiro atoms. The lowest BCUT2D eigenvalue weighted by Crippen LogP contribution is -2.30. The maximum Gasteiger partial charge on any atom is 0.258 e. The van der Waals surface area contributed by atoms with Crippen molar-refractivity contribution in [2.45, 2.75) is 20.0 Å². The third kappa shape index (κ3) is 2.73. The summed E-state index contributed by atoms with van der Waals surface area (Å²) in [5.74, 6) is 0.183. The van der Waals surface area contributed by atoms with Gasteiger partial charge in [-0.2, -0.15) is 0 Å². The highest BCUT2D eigenvalue weighted by atomic mass is 79.9. The van der Waals surface area contributed by atoms with E-state index in [1.807, 2.05) is 19.1 Å². The Labute approximate surface area is 91.4 Å². The van der Waals surface area contributed by atoms with Gasteiger partial charge in [0.2, 0.25) is 0 Å². The number of amides is 1. The predicted molar refractivity (Wildman–Crippen MR) is 58.2 cm³/mol. The number of hydrogen-bond donors (Lipinski definition) is 1. The first kappa shape index (κ1) is 11.0. The Kier molecular flexibility index (Phi) is 3.52. The van der Waals surface area contributed by atoms with Crippen LogP contribution in [0.4, 0.5) is 0 Å². The Morgan fingerprint density at radius 1 is 1.57 bits per heavy atom. The predicted octanol–water partition coefficient (Wildman–Crippen LogP) is 2.01. The summed E-state index contributed by atoms with van der Waals surface area (Å²) < 4.78 is 6.33. The van der Waals surface area contributed by atoms with Gasteiger partial charge in [-0.3, -0.25) is 4.79 Å². The highest BCUT2D eigenvalue weighted by Gasteiger charge is 2.10. The third-order valence-corrected chi connectivity index (χ3v) is 2.73. The molecule has 1 rings (SSSR count). The molecule has 0 aliphatic rings. The quantitative estimate of drug-likeness (QED) is 0.901. The third-order valence-electron chi connectivity index (χ3n) is 1.84. The topological polar surface area (TPSA) is 52.3 Å². The lowest BCUT2D eigenvalue weighted by molar-refractivity contribution is -0.123. The zero-order chi connectivity index (χ0) is 10.7. The first-order valence-corrected chi connectivity index (χ1v) is 5.02. The van der Waals surface area contributed by atoms with Gasteiger partial charge in [-0.05, 0) is 37.6 Å². The summed E-state index contributed by atoms with van der Waals surface area (Å²) in [6, 6.07) is 5.51. The van der Waals surface area contributed by atoms with Crippen LogP contribution in [0, 0.1) is 6.92 Å². The van der Waals surface area contributed by atoms with E-state index in [1.54, 1.807) is 13.0 Å². The number of primary amides is 1. The molecule has 0 saturated carbocycles. The summed E-state index contributed by atoms with van der Waals surface area (Å²) in [6.07, 6.45) is -0.601. The van der Waals surface area contributed by atoms with Gasteiger partial charge in [-0.25, -0.2) is 0 Å². The standard InChI is InChI=1S/C10H12BrNO2/c1-6-5-8(3-4-9(6)11)14-7(2)10(12)13/h3-5,7H,1-2H3,(H2,12,13). The average Bonchev–Trinajstić information content (AvgIpc) is 2.11. The minimum absolute atomic E-state index is 0.467. The second kappa shape index (κ2) is 4.46. The molecule has 0 aliphatic carbocycles. The van der Waals surface area contributed by atoms with Gasteiger partial charge in [0.15, 0.2) is 6.10 Å². The number of nitrogens with two attached hydrogens (primary N) is 1. The van der Waals surface area contributed by atoms with Crippen molar-refractivity contribution in [1.29, 1.82) is 0 Å². The number of ether oxygens (including phenoxy) is 1. The van der Waals surface area contributed by atoms with Crippen LogP contribution in [0.25, 0.3) is 0 Å². The molecule has 1 unspecified atom stereocenters. The molecule has 1 aromatic carbocycles. The van der Waals surface area contributed by atoms with Crippen molar-refractivity contribution >= 4 is 21.8 Å². The number of carbonyl (C=O) groups is 1. The molecule has 0 radical (unpaired) electrons. The van der Waals surface area contributed by atoms with Gasteiger partial charge < -0.3 is 10.5 Å². The van der Waals surface area contributed by atoms with E-state index >= 15 is 0 Å². The molecule has 0 saturated heterocycles. The highest BCUT2D eigenvalue weighted by molar-refractivity contribution is 9.10. The molecule has 2 N–H and O–H groups in total. The molecule has 1 atom stereocenters. The fourth-order valence-corrected chi connectivity index (χ4v) is 1.20. The van der Waals surface area contributed by atoms with Crippen molar-refractivity contribution < 1.29 is 9.53 Å². The molecule has 0 heterocycles. The molecule has 0 aromatic heterocycles. The van der Waals surface area contributed by atoms with Gasteiger partial charge >= 0.3 is 0 Å². The largest absolute Gasteiger partial charge is 0.481 e. The van der Waals surface area contributed by atoms with Crippen LogP contribution in [0.1, 0.15) is 12.5 Å². The van der Waals surface area contributed by atoms with Crippen LogP contribution in [0.5, 0.6) is 5.75 Å². The van der Waals surface area contributed by atoms with Gasteiger partial charge in [-0.15, -0.1) is 0 Å². The highest BCUT2D eigenvalue weighted by Crippen LogP contribution is 2.22. The van der Waals surface area contributed by atoms with Crippen LogP contribution in [0.3, 0.4) is 0 Å². The summed E-state index contributed by atoms with van der Waals surface area (Å²) in [5, 5.41) is 0. The Hall–Kier alpha value is -1.03. The molecule has 0 fully saturated rings. The lowest BCUT2D eigenvalue weighted by atomic mass is 10.2. The average molecular weight is 258 g/mol. The molecule has 1 amide bonds. The number of halogens is 1. The maximum atomic E-state index is 10.7. The van der Waals surface area contributed by atoms with Crippen molar-refractivity contribution in [3.63, 3.8) is 0 Å². The Bertz CT molecular complexity index is 352. The van der Waals surface area contributed by atoms with E-state index in [2.05, 4.69) is 15.9 Å². The normalized spacial score (nSPS) is 12.2. The molecule has 0 aliphatic heterocycles. The second-order valence-electron chi connectivity index (χ2n) is 3.07. The maximum absolute atomic E-state index is 10.7. The van der Waals surface area contributed by atoms with E-state index in [1.165, 1.54) is 0 Å². The monoisotopic (exact) mass is 257 g/mol. The van der Waals surface area contributed by atoms with Gasteiger partial charge in [0.1, 0.15) is 5.75 Å². The molecule has 1 aromatic rings. The number of benzene rings is 1. The Balaban J connectivity index is 2.78. The second-order valence-corrected chi connectivity index (χ2v) is 3.93. The van der Waals surface area contributed by atoms with Crippen LogP contribution in [0.15, 0.2) is 22.7 Å². The minimum atomic E-state index is -0.601. The SMILES string of the molecule is Cc1cc(OC(C)C(N)=O)ccc1Br. The van der Waals surface area contributed by atoms with Gasteiger partial charge in [0.05, 0.1) is 0 Å².